The van der Waals surface area contributed by atoms with Gasteiger partial charge in [0.1, 0.15) is 18.5 Å². The summed E-state index contributed by atoms with van der Waals surface area (Å²) in [4.78, 5) is 6.72. The molecule has 5 nitrogen and oxygen atoms in total. The predicted octanol–water partition coefficient (Wildman–Crippen LogP) is 2.91. The van der Waals surface area contributed by atoms with Crippen molar-refractivity contribution < 1.29 is 9.84 Å². The van der Waals surface area contributed by atoms with E-state index in [1.54, 1.807) is 0 Å². The lowest BCUT2D eigenvalue weighted by Gasteiger charge is -2.29. The number of benzene rings is 1. The van der Waals surface area contributed by atoms with Crippen LogP contribution >= 0.6 is 0 Å². The lowest BCUT2D eigenvalue weighted by molar-refractivity contribution is 0.0635. The minimum Gasteiger partial charge on any atom is -0.491 e. The van der Waals surface area contributed by atoms with E-state index in [-0.39, 0.29) is 0 Å². The lowest BCUT2D eigenvalue weighted by atomic mass is 10.1. The highest BCUT2D eigenvalue weighted by molar-refractivity contribution is 5.28. The van der Waals surface area contributed by atoms with Crippen LogP contribution < -0.4 is 10.1 Å². The van der Waals surface area contributed by atoms with Gasteiger partial charge in [0.05, 0.1) is 0 Å². The van der Waals surface area contributed by atoms with Gasteiger partial charge in [-0.15, -0.1) is 0 Å². The van der Waals surface area contributed by atoms with Crippen LogP contribution in [0.4, 0.5) is 0 Å². The van der Waals surface area contributed by atoms with Crippen molar-refractivity contribution >= 4 is 0 Å². The van der Waals surface area contributed by atoms with Gasteiger partial charge in [-0.3, -0.25) is 9.88 Å². The van der Waals surface area contributed by atoms with Gasteiger partial charge in [-0.05, 0) is 42.2 Å². The zero-order valence-electron chi connectivity index (χ0n) is 16.5. The van der Waals surface area contributed by atoms with Crippen LogP contribution in [0.1, 0.15) is 42.5 Å². The SMILES string of the molecule is OC(COc1cccc(CNC2CCCC2)c1)CN1CCc2ncccc2C1. The number of pyridine rings is 1. The molecule has 1 aliphatic heterocycles. The Hall–Kier alpha value is -1.95. The first-order valence-corrected chi connectivity index (χ1v) is 10.5. The van der Waals surface area contributed by atoms with E-state index < -0.39 is 6.10 Å². The Kier molecular flexibility index (Phi) is 6.57. The normalized spacial score (nSPS) is 18.8. The summed E-state index contributed by atoms with van der Waals surface area (Å²) in [5.74, 6) is 0.831. The van der Waals surface area contributed by atoms with Gasteiger partial charge >= 0.3 is 0 Å². The van der Waals surface area contributed by atoms with Crippen molar-refractivity contribution in [3.8, 4) is 5.75 Å². The third-order valence-corrected chi connectivity index (χ3v) is 5.80. The van der Waals surface area contributed by atoms with Gasteiger partial charge in [-0.2, -0.15) is 0 Å². The Balaban J connectivity index is 1.22. The van der Waals surface area contributed by atoms with Gasteiger partial charge in [-0.1, -0.05) is 31.0 Å². The van der Waals surface area contributed by atoms with E-state index in [9.17, 15) is 5.11 Å². The number of β-amino-alcohol motifs (C(OH)–C–C–N with tert-alkyl or cyclic N) is 1. The van der Waals surface area contributed by atoms with E-state index in [1.165, 1.54) is 42.5 Å². The average Bonchev–Trinajstić information content (AvgIpc) is 3.25. The number of ether oxygens (including phenoxy) is 1. The molecular weight excluding hydrogens is 350 g/mol. The summed E-state index contributed by atoms with van der Waals surface area (Å²) in [6.07, 6.45) is 7.57. The van der Waals surface area contributed by atoms with E-state index in [1.807, 2.05) is 24.4 Å². The molecule has 1 aliphatic carbocycles. The van der Waals surface area contributed by atoms with Crippen molar-refractivity contribution in [2.45, 2.75) is 57.3 Å². The first-order valence-electron chi connectivity index (χ1n) is 10.5. The van der Waals surface area contributed by atoms with Crippen LogP contribution in [0.3, 0.4) is 0 Å². The molecule has 2 aromatic rings. The third-order valence-electron chi connectivity index (χ3n) is 5.80. The topological polar surface area (TPSA) is 57.6 Å². The van der Waals surface area contributed by atoms with Crippen molar-refractivity contribution in [1.29, 1.82) is 0 Å². The first kappa shape index (κ1) is 19.4. The molecule has 2 aliphatic rings. The number of hydrogen-bond acceptors (Lipinski definition) is 5. The van der Waals surface area contributed by atoms with Crippen LogP contribution in [0, 0.1) is 0 Å². The van der Waals surface area contributed by atoms with E-state index in [0.29, 0.717) is 19.2 Å². The van der Waals surface area contributed by atoms with Gasteiger partial charge in [-0.25, -0.2) is 0 Å². The fourth-order valence-electron chi connectivity index (χ4n) is 4.26. The Morgan fingerprint density at radius 1 is 1.21 bits per heavy atom. The van der Waals surface area contributed by atoms with Crippen LogP contribution in [-0.2, 0) is 19.5 Å². The fourth-order valence-corrected chi connectivity index (χ4v) is 4.26. The molecule has 0 spiro atoms. The Morgan fingerprint density at radius 3 is 3.00 bits per heavy atom. The third kappa shape index (κ3) is 5.31. The van der Waals surface area contributed by atoms with Gasteiger partial charge < -0.3 is 15.2 Å². The molecule has 1 aromatic carbocycles. The number of aliphatic hydroxyl groups excluding tert-OH is 1. The summed E-state index contributed by atoms with van der Waals surface area (Å²) in [6.45, 7) is 3.60. The summed E-state index contributed by atoms with van der Waals surface area (Å²) in [7, 11) is 0. The van der Waals surface area contributed by atoms with Gasteiger partial charge in [0.25, 0.3) is 0 Å². The maximum absolute atomic E-state index is 10.4. The summed E-state index contributed by atoms with van der Waals surface area (Å²) >= 11 is 0. The van der Waals surface area contributed by atoms with Crippen molar-refractivity contribution in [1.82, 2.24) is 15.2 Å². The zero-order chi connectivity index (χ0) is 19.2. The van der Waals surface area contributed by atoms with Crippen molar-refractivity contribution in [2.75, 3.05) is 19.7 Å². The second-order valence-electron chi connectivity index (χ2n) is 8.07. The molecule has 2 N–H and O–H groups in total. The molecule has 0 amide bonds. The zero-order valence-corrected chi connectivity index (χ0v) is 16.5. The molecule has 1 atom stereocenters. The standard InChI is InChI=1S/C23H31N3O2/c27-21(16-26-12-10-23-19(15-26)6-4-11-24-23)17-28-22-9-3-5-18(13-22)14-25-20-7-1-2-8-20/h3-6,9,11,13,20-21,25,27H,1-2,7-8,10,12,14-17H2. The number of nitrogens with zero attached hydrogens (tertiary/aromatic N) is 2. The Morgan fingerprint density at radius 2 is 2.11 bits per heavy atom. The lowest BCUT2D eigenvalue weighted by Crippen LogP contribution is -2.39. The molecule has 0 saturated heterocycles. The predicted molar refractivity (Wildman–Crippen MR) is 110 cm³/mol. The highest BCUT2D eigenvalue weighted by atomic mass is 16.5. The first-order chi connectivity index (χ1) is 13.8. The number of aliphatic hydroxyl groups is 1. The molecule has 0 radical (unpaired) electrons. The van der Waals surface area contributed by atoms with E-state index in [2.05, 4.69) is 33.4 Å². The van der Waals surface area contributed by atoms with Gasteiger partial charge in [0.15, 0.2) is 0 Å². The van der Waals surface area contributed by atoms with Crippen molar-refractivity contribution in [2.24, 2.45) is 0 Å². The number of fused-ring (bicyclic) bond motifs is 1. The molecule has 28 heavy (non-hydrogen) atoms. The van der Waals surface area contributed by atoms with Gasteiger partial charge in [0.2, 0.25) is 0 Å². The number of rotatable bonds is 8. The fraction of sp³-hybridized carbons (Fsp3) is 0.522. The molecule has 2 heterocycles. The summed E-state index contributed by atoms with van der Waals surface area (Å²) in [5, 5.41) is 14.1. The van der Waals surface area contributed by atoms with E-state index in [4.69, 9.17) is 4.74 Å². The summed E-state index contributed by atoms with van der Waals surface area (Å²) in [5.41, 5.74) is 3.69. The van der Waals surface area contributed by atoms with Crippen LogP contribution in [0.5, 0.6) is 5.75 Å². The largest absolute Gasteiger partial charge is 0.491 e. The molecule has 1 aromatic heterocycles. The maximum atomic E-state index is 10.4. The van der Waals surface area contributed by atoms with Gasteiger partial charge in [0, 0.05) is 50.5 Å². The molecule has 4 rings (SSSR count). The quantitative estimate of drug-likeness (QED) is 0.736. The molecule has 150 valence electrons. The molecule has 1 unspecified atom stereocenters. The minimum absolute atomic E-state index is 0.315. The Labute approximate surface area is 167 Å². The molecular formula is C23H31N3O2. The van der Waals surface area contributed by atoms with Crippen LogP contribution in [0.25, 0.3) is 0 Å². The van der Waals surface area contributed by atoms with Crippen molar-refractivity contribution in [3.05, 3.63) is 59.4 Å². The van der Waals surface area contributed by atoms with E-state index >= 15 is 0 Å². The maximum Gasteiger partial charge on any atom is 0.119 e. The molecule has 1 saturated carbocycles. The van der Waals surface area contributed by atoms with Crippen LogP contribution in [0.15, 0.2) is 42.6 Å². The van der Waals surface area contributed by atoms with E-state index in [0.717, 1.165) is 31.8 Å². The smallest absolute Gasteiger partial charge is 0.119 e. The number of nitrogens with one attached hydrogen (secondary N) is 1. The average molecular weight is 382 g/mol. The summed E-state index contributed by atoms with van der Waals surface area (Å²) < 4.78 is 5.87. The van der Waals surface area contributed by atoms with Crippen LogP contribution in [0.2, 0.25) is 0 Å². The minimum atomic E-state index is -0.501. The molecule has 1 fully saturated rings. The second-order valence-corrected chi connectivity index (χ2v) is 8.07. The number of hydrogen-bond donors (Lipinski definition) is 2. The second kappa shape index (κ2) is 9.50. The summed E-state index contributed by atoms with van der Waals surface area (Å²) in [6, 6.07) is 13.0. The molecule has 5 heteroatoms. The van der Waals surface area contributed by atoms with Crippen LogP contribution in [-0.4, -0.2) is 46.8 Å². The highest BCUT2D eigenvalue weighted by Crippen LogP contribution is 2.20. The Bertz CT molecular complexity index is 761. The molecule has 0 bridgehead atoms. The van der Waals surface area contributed by atoms with Crippen molar-refractivity contribution in [3.63, 3.8) is 0 Å². The highest BCUT2D eigenvalue weighted by Gasteiger charge is 2.19. The number of aromatic nitrogens is 1. The monoisotopic (exact) mass is 381 g/mol.